The van der Waals surface area contributed by atoms with E-state index < -0.39 is 5.60 Å². The second kappa shape index (κ2) is 8.41. The fourth-order valence-electron chi connectivity index (χ4n) is 1.74. The Kier molecular flexibility index (Phi) is 8.07. The molecule has 0 radical (unpaired) electrons. The highest BCUT2D eigenvalue weighted by Crippen LogP contribution is 2.18. The van der Waals surface area contributed by atoms with Crippen LogP contribution in [0.5, 0.6) is 0 Å². The summed E-state index contributed by atoms with van der Waals surface area (Å²) in [7, 11) is 0. The van der Waals surface area contributed by atoms with Crippen LogP contribution >= 0.6 is 0 Å². The number of amides is 1. The molecular weight excluding hydrogens is 242 g/mol. The maximum absolute atomic E-state index is 11.3. The van der Waals surface area contributed by atoms with Crippen molar-refractivity contribution >= 4 is 6.09 Å². The fourth-order valence-corrected chi connectivity index (χ4v) is 1.74. The summed E-state index contributed by atoms with van der Waals surface area (Å²) >= 11 is 0. The molecule has 0 aromatic carbocycles. The van der Waals surface area contributed by atoms with Gasteiger partial charge in [0, 0.05) is 25.6 Å². The number of hydrogen-bond acceptors (Lipinski definition) is 3. The number of aliphatic hydroxyl groups excluding tert-OH is 1. The first-order valence-corrected chi connectivity index (χ1v) is 7.28. The Morgan fingerprint density at radius 3 is 2.16 bits per heavy atom. The van der Waals surface area contributed by atoms with Crippen molar-refractivity contribution in [3.05, 3.63) is 0 Å². The molecule has 0 aliphatic carbocycles. The van der Waals surface area contributed by atoms with E-state index in [1.165, 1.54) is 12.8 Å². The van der Waals surface area contributed by atoms with Gasteiger partial charge in [0.25, 0.3) is 0 Å². The number of likely N-dealkylation sites (tertiary alicyclic amines) is 1. The largest absolute Gasteiger partial charge is 0.444 e. The Labute approximate surface area is 118 Å². The first kappa shape index (κ1) is 18.2. The third-order valence-corrected chi connectivity index (χ3v) is 2.73. The van der Waals surface area contributed by atoms with Crippen LogP contribution in [-0.2, 0) is 4.74 Å². The molecular formula is C15H31NO3. The van der Waals surface area contributed by atoms with Crippen LogP contribution in [0.4, 0.5) is 4.79 Å². The molecule has 114 valence electrons. The topological polar surface area (TPSA) is 49.8 Å². The molecule has 1 fully saturated rings. The smallest absolute Gasteiger partial charge is 0.410 e. The van der Waals surface area contributed by atoms with Crippen LogP contribution in [0, 0.1) is 11.8 Å². The van der Waals surface area contributed by atoms with Crippen LogP contribution in [0.3, 0.4) is 0 Å². The van der Waals surface area contributed by atoms with Crippen LogP contribution in [0.15, 0.2) is 0 Å². The lowest BCUT2D eigenvalue weighted by Gasteiger charge is -2.38. The van der Waals surface area contributed by atoms with E-state index >= 15 is 0 Å². The van der Waals surface area contributed by atoms with Gasteiger partial charge in [-0.25, -0.2) is 4.79 Å². The number of carbonyl (C=O) groups is 1. The summed E-state index contributed by atoms with van der Waals surface area (Å²) in [5.41, 5.74) is -0.429. The van der Waals surface area contributed by atoms with E-state index in [0.717, 1.165) is 5.92 Å². The van der Waals surface area contributed by atoms with E-state index in [0.29, 0.717) is 13.1 Å². The third kappa shape index (κ3) is 8.87. The molecule has 0 aromatic heterocycles. The van der Waals surface area contributed by atoms with Crippen molar-refractivity contribution in [3.63, 3.8) is 0 Å². The molecule has 1 rings (SSSR count). The Hall–Kier alpha value is -0.770. The monoisotopic (exact) mass is 273 g/mol. The van der Waals surface area contributed by atoms with E-state index in [4.69, 9.17) is 9.84 Å². The van der Waals surface area contributed by atoms with Gasteiger partial charge in [-0.15, -0.1) is 0 Å². The molecule has 0 saturated carbocycles. The Morgan fingerprint density at radius 1 is 1.37 bits per heavy atom. The van der Waals surface area contributed by atoms with Gasteiger partial charge in [-0.1, -0.05) is 33.6 Å². The van der Waals surface area contributed by atoms with E-state index in [2.05, 4.69) is 20.8 Å². The Morgan fingerprint density at radius 2 is 1.89 bits per heavy atom. The van der Waals surface area contributed by atoms with Gasteiger partial charge in [-0.2, -0.15) is 0 Å². The second-order valence-corrected chi connectivity index (χ2v) is 6.62. The molecule has 19 heavy (non-hydrogen) atoms. The lowest BCUT2D eigenvalue weighted by Crippen LogP contribution is -2.52. The molecule has 1 N–H and O–H groups in total. The minimum absolute atomic E-state index is 0.152. The molecule has 1 saturated heterocycles. The van der Waals surface area contributed by atoms with Crippen LogP contribution in [0.25, 0.3) is 0 Å². The van der Waals surface area contributed by atoms with Crippen molar-refractivity contribution < 1.29 is 14.6 Å². The highest BCUT2D eigenvalue weighted by atomic mass is 16.6. The van der Waals surface area contributed by atoms with Crippen LogP contribution in [-0.4, -0.2) is 41.4 Å². The average molecular weight is 273 g/mol. The molecule has 1 aliphatic rings. The van der Waals surface area contributed by atoms with E-state index in [1.807, 2.05) is 20.8 Å². The number of aliphatic hydroxyl groups is 1. The highest BCUT2D eigenvalue weighted by Gasteiger charge is 2.32. The zero-order valence-electron chi connectivity index (χ0n) is 13.4. The number of ether oxygens (including phenoxy) is 1. The quantitative estimate of drug-likeness (QED) is 0.858. The first-order chi connectivity index (χ1) is 8.69. The zero-order chi connectivity index (χ0) is 15.1. The van der Waals surface area contributed by atoms with Gasteiger partial charge in [0.2, 0.25) is 0 Å². The van der Waals surface area contributed by atoms with Crippen molar-refractivity contribution in [2.45, 2.75) is 60.0 Å². The average Bonchev–Trinajstić information content (AvgIpc) is 2.13. The maximum Gasteiger partial charge on any atom is 0.410 e. The number of hydrogen-bond donors (Lipinski definition) is 1. The predicted octanol–water partition coefficient (Wildman–Crippen LogP) is 3.29. The SMILES string of the molecule is CC(C)(C)OC(=O)N1CC(CO)C1.CCCC(C)C. The minimum atomic E-state index is -0.429. The van der Waals surface area contributed by atoms with Gasteiger partial charge in [0.15, 0.2) is 0 Å². The first-order valence-electron chi connectivity index (χ1n) is 7.28. The molecule has 0 spiro atoms. The number of carbonyl (C=O) groups excluding carboxylic acids is 1. The lowest BCUT2D eigenvalue weighted by atomic mass is 10.0. The molecule has 1 amide bonds. The second-order valence-electron chi connectivity index (χ2n) is 6.62. The molecule has 1 aliphatic heterocycles. The van der Waals surface area contributed by atoms with E-state index in [9.17, 15) is 4.79 Å². The van der Waals surface area contributed by atoms with Crippen molar-refractivity contribution in [2.75, 3.05) is 19.7 Å². The van der Waals surface area contributed by atoms with Crippen LogP contribution in [0.2, 0.25) is 0 Å². The third-order valence-electron chi connectivity index (χ3n) is 2.73. The zero-order valence-corrected chi connectivity index (χ0v) is 13.4. The lowest BCUT2D eigenvalue weighted by molar-refractivity contribution is -0.00972. The molecule has 4 heteroatoms. The molecule has 4 nitrogen and oxygen atoms in total. The summed E-state index contributed by atoms with van der Waals surface area (Å²) in [6.45, 7) is 13.6. The summed E-state index contributed by atoms with van der Waals surface area (Å²) in [5.74, 6) is 1.14. The number of rotatable bonds is 3. The van der Waals surface area contributed by atoms with Gasteiger partial charge in [-0.3, -0.25) is 0 Å². The Balaban J connectivity index is 0.000000459. The standard InChI is InChI=1S/C9H17NO3.C6H14/c1-9(2,3)13-8(12)10-4-7(5-10)6-11;1-4-5-6(2)3/h7,11H,4-6H2,1-3H3;6H,4-5H2,1-3H3. The molecule has 0 bridgehead atoms. The van der Waals surface area contributed by atoms with Crippen LogP contribution < -0.4 is 0 Å². The molecule has 0 aromatic rings. The number of nitrogens with zero attached hydrogens (tertiary/aromatic N) is 1. The molecule has 1 heterocycles. The summed E-state index contributed by atoms with van der Waals surface area (Å²) in [4.78, 5) is 12.9. The van der Waals surface area contributed by atoms with Gasteiger partial charge in [0.1, 0.15) is 5.60 Å². The van der Waals surface area contributed by atoms with Gasteiger partial charge >= 0.3 is 6.09 Å². The fraction of sp³-hybridized carbons (Fsp3) is 0.933. The maximum atomic E-state index is 11.3. The van der Waals surface area contributed by atoms with Crippen molar-refractivity contribution in [2.24, 2.45) is 11.8 Å². The van der Waals surface area contributed by atoms with Gasteiger partial charge < -0.3 is 14.7 Å². The summed E-state index contributed by atoms with van der Waals surface area (Å²) in [6.07, 6.45) is 2.43. The summed E-state index contributed by atoms with van der Waals surface area (Å²) < 4.78 is 5.14. The normalized spacial score (nSPS) is 15.7. The predicted molar refractivity (Wildman–Crippen MR) is 78.1 cm³/mol. The van der Waals surface area contributed by atoms with Crippen molar-refractivity contribution in [1.29, 1.82) is 0 Å². The molecule has 0 unspecified atom stereocenters. The highest BCUT2D eigenvalue weighted by molar-refractivity contribution is 5.69. The summed E-state index contributed by atoms with van der Waals surface area (Å²) in [5, 5.41) is 8.74. The summed E-state index contributed by atoms with van der Waals surface area (Å²) in [6, 6.07) is 0. The van der Waals surface area contributed by atoms with Crippen molar-refractivity contribution in [3.8, 4) is 0 Å². The Bertz CT molecular complexity index is 253. The van der Waals surface area contributed by atoms with E-state index in [1.54, 1.807) is 4.90 Å². The molecule has 0 atom stereocenters. The van der Waals surface area contributed by atoms with E-state index in [-0.39, 0.29) is 18.6 Å². The van der Waals surface area contributed by atoms with Gasteiger partial charge in [0.05, 0.1) is 0 Å². The minimum Gasteiger partial charge on any atom is -0.444 e. The van der Waals surface area contributed by atoms with Crippen molar-refractivity contribution in [1.82, 2.24) is 4.90 Å². The van der Waals surface area contributed by atoms with Gasteiger partial charge in [-0.05, 0) is 26.7 Å². The van der Waals surface area contributed by atoms with Crippen LogP contribution in [0.1, 0.15) is 54.4 Å².